The third kappa shape index (κ3) is 7.80. The number of allylic oxidation sites excluding steroid dienone is 2. The quantitative estimate of drug-likeness (QED) is 0.0932. The molecule has 0 atom stereocenters. The molecule has 1 aromatic carbocycles. The fourth-order valence-corrected chi connectivity index (χ4v) is 6.15. The van der Waals surface area contributed by atoms with Gasteiger partial charge in [-0.05, 0) is 56.5 Å². The maximum Gasteiger partial charge on any atom is 0.410 e. The SMILES string of the molecule is C=COCCOC.Cn1ncc2cc(-c3nc(-c4cc5n(n4)CCN(C(=O)OC(C)(C)C)C5)c(C=C(F)/C=C/F)c4ccsc34)ccc21. The third-order valence-electron chi connectivity index (χ3n) is 7.39. The number of methoxy groups -OCH3 is 1. The van der Waals surface area contributed by atoms with Crippen molar-refractivity contribution in [2.45, 2.75) is 39.5 Å². The number of hydrogen-bond donors (Lipinski definition) is 0. The summed E-state index contributed by atoms with van der Waals surface area (Å²) in [4.78, 5) is 19.4. The lowest BCUT2D eigenvalue weighted by Gasteiger charge is -2.30. The first kappa shape index (κ1) is 34.5. The Kier molecular flexibility index (Phi) is 10.7. The van der Waals surface area contributed by atoms with E-state index in [1.807, 2.05) is 72.9 Å². The summed E-state index contributed by atoms with van der Waals surface area (Å²) in [5, 5.41) is 12.8. The number of carbonyl (C=O) groups is 1. The Morgan fingerprint density at radius 1 is 1.15 bits per heavy atom. The number of ether oxygens (including phenoxy) is 3. The van der Waals surface area contributed by atoms with E-state index in [2.05, 4.69) is 16.4 Å². The summed E-state index contributed by atoms with van der Waals surface area (Å²) in [6.07, 6.45) is 5.04. The Balaban J connectivity index is 0.000000582. The molecule has 48 heavy (non-hydrogen) atoms. The van der Waals surface area contributed by atoms with Gasteiger partial charge in [0.05, 0.1) is 65.8 Å². The zero-order valence-electron chi connectivity index (χ0n) is 27.6. The summed E-state index contributed by atoms with van der Waals surface area (Å²) < 4.78 is 47.1. The highest BCUT2D eigenvalue weighted by Gasteiger charge is 2.28. The first-order valence-electron chi connectivity index (χ1n) is 15.3. The van der Waals surface area contributed by atoms with Crippen molar-refractivity contribution in [3.63, 3.8) is 0 Å². The summed E-state index contributed by atoms with van der Waals surface area (Å²) in [5.74, 6) is -0.743. The lowest BCUT2D eigenvalue weighted by Crippen LogP contribution is -2.41. The molecule has 0 bridgehead atoms. The van der Waals surface area contributed by atoms with E-state index < -0.39 is 11.4 Å². The van der Waals surface area contributed by atoms with Crippen molar-refractivity contribution in [2.75, 3.05) is 26.9 Å². The average Bonchev–Trinajstić information content (AvgIpc) is 3.79. The number of halogens is 2. The second kappa shape index (κ2) is 14.9. The fourth-order valence-electron chi connectivity index (χ4n) is 5.23. The number of pyridine rings is 1. The molecule has 1 aliphatic heterocycles. The van der Waals surface area contributed by atoms with Gasteiger partial charge in [-0.15, -0.1) is 11.3 Å². The number of aromatic nitrogens is 5. The molecule has 0 N–H and O–H groups in total. The lowest BCUT2D eigenvalue weighted by atomic mass is 10.0. The van der Waals surface area contributed by atoms with Crippen molar-refractivity contribution in [2.24, 2.45) is 7.05 Å². The number of thiophene rings is 1. The summed E-state index contributed by atoms with van der Waals surface area (Å²) in [6.45, 7) is 11.3. The number of benzene rings is 1. The van der Waals surface area contributed by atoms with E-state index in [0.717, 1.165) is 44.0 Å². The zero-order valence-corrected chi connectivity index (χ0v) is 28.4. The van der Waals surface area contributed by atoms with Crippen molar-refractivity contribution >= 4 is 44.5 Å². The molecule has 0 radical (unpaired) electrons. The minimum atomic E-state index is -0.743. The first-order chi connectivity index (χ1) is 23.0. The second-order valence-electron chi connectivity index (χ2n) is 11.9. The van der Waals surface area contributed by atoms with Crippen LogP contribution in [0.4, 0.5) is 13.6 Å². The van der Waals surface area contributed by atoms with Gasteiger partial charge in [-0.3, -0.25) is 9.36 Å². The normalized spacial score (nSPS) is 13.5. The highest BCUT2D eigenvalue weighted by atomic mass is 32.1. The van der Waals surface area contributed by atoms with Crippen LogP contribution in [0.25, 0.3) is 49.7 Å². The van der Waals surface area contributed by atoms with Crippen LogP contribution in [0.2, 0.25) is 0 Å². The van der Waals surface area contributed by atoms with E-state index in [-0.39, 0.29) is 12.4 Å². The highest BCUT2D eigenvalue weighted by Crippen LogP contribution is 2.40. The van der Waals surface area contributed by atoms with Gasteiger partial charge >= 0.3 is 6.09 Å². The Hall–Kier alpha value is -4.88. The van der Waals surface area contributed by atoms with Crippen molar-refractivity contribution in [1.29, 1.82) is 0 Å². The molecule has 0 saturated carbocycles. The van der Waals surface area contributed by atoms with Crippen LogP contribution in [0, 0.1) is 0 Å². The Labute approximate surface area is 281 Å². The fraction of sp³-hybridized carbons (Fsp3) is 0.314. The van der Waals surface area contributed by atoms with Crippen LogP contribution < -0.4 is 0 Å². The van der Waals surface area contributed by atoms with E-state index in [1.165, 1.54) is 23.7 Å². The monoisotopic (exact) mass is 676 g/mol. The Morgan fingerprint density at radius 2 is 1.96 bits per heavy atom. The van der Waals surface area contributed by atoms with Gasteiger partial charge in [0.25, 0.3) is 0 Å². The number of nitrogens with zero attached hydrogens (tertiary/aromatic N) is 6. The van der Waals surface area contributed by atoms with Gasteiger partial charge in [0.1, 0.15) is 23.7 Å². The molecule has 5 heterocycles. The molecular weight excluding hydrogens is 638 g/mol. The molecule has 0 unspecified atom stereocenters. The number of rotatable bonds is 8. The van der Waals surface area contributed by atoms with Crippen molar-refractivity contribution in [1.82, 2.24) is 29.4 Å². The average molecular weight is 677 g/mol. The molecule has 1 aliphatic rings. The minimum absolute atomic E-state index is 0.168. The first-order valence-corrected chi connectivity index (χ1v) is 16.1. The number of amides is 1. The number of fused-ring (bicyclic) bond motifs is 3. The molecule has 5 aromatic rings. The molecule has 0 aliphatic carbocycles. The lowest BCUT2D eigenvalue weighted by molar-refractivity contribution is 0.0194. The molecule has 0 spiro atoms. The summed E-state index contributed by atoms with van der Waals surface area (Å²) >= 11 is 1.50. The van der Waals surface area contributed by atoms with Crippen molar-refractivity contribution < 1.29 is 27.8 Å². The maximum absolute atomic E-state index is 14.7. The van der Waals surface area contributed by atoms with Gasteiger partial charge in [-0.2, -0.15) is 10.2 Å². The van der Waals surface area contributed by atoms with Crippen molar-refractivity contribution in [3.05, 3.63) is 84.2 Å². The molecule has 0 saturated heterocycles. The smallest absolute Gasteiger partial charge is 0.410 e. The predicted molar refractivity (Wildman–Crippen MR) is 185 cm³/mol. The van der Waals surface area contributed by atoms with Gasteiger partial charge in [0.15, 0.2) is 0 Å². The van der Waals surface area contributed by atoms with Gasteiger partial charge in [0, 0.05) is 48.7 Å². The highest BCUT2D eigenvalue weighted by molar-refractivity contribution is 7.17. The molecule has 4 aromatic heterocycles. The van der Waals surface area contributed by atoms with E-state index in [1.54, 1.807) is 18.2 Å². The largest absolute Gasteiger partial charge is 0.499 e. The predicted octanol–water partition coefficient (Wildman–Crippen LogP) is 8.05. The summed E-state index contributed by atoms with van der Waals surface area (Å²) in [5.41, 5.74) is 4.32. The second-order valence-corrected chi connectivity index (χ2v) is 12.8. The summed E-state index contributed by atoms with van der Waals surface area (Å²) in [6, 6.07) is 9.81. The van der Waals surface area contributed by atoms with Crippen LogP contribution in [0.3, 0.4) is 0 Å². The van der Waals surface area contributed by atoms with E-state index in [0.29, 0.717) is 49.8 Å². The number of aryl methyl sites for hydroxylation is 1. The minimum Gasteiger partial charge on any atom is -0.499 e. The van der Waals surface area contributed by atoms with Crippen LogP contribution in [0.15, 0.2) is 73.0 Å². The van der Waals surface area contributed by atoms with Crippen LogP contribution in [-0.2, 0) is 34.3 Å². The van der Waals surface area contributed by atoms with E-state index in [4.69, 9.17) is 19.6 Å². The third-order valence-corrected chi connectivity index (χ3v) is 8.31. The molecule has 252 valence electrons. The molecule has 6 rings (SSSR count). The molecular formula is C35H38F2N6O4S. The maximum atomic E-state index is 14.7. The topological polar surface area (TPSA) is 96.5 Å². The Bertz CT molecular complexity index is 1990. The van der Waals surface area contributed by atoms with Crippen LogP contribution in [-0.4, -0.2) is 68.0 Å². The Morgan fingerprint density at radius 3 is 2.69 bits per heavy atom. The van der Waals surface area contributed by atoms with Gasteiger partial charge < -0.3 is 19.1 Å². The number of carbonyl (C=O) groups excluding carboxylic acids is 1. The van der Waals surface area contributed by atoms with Crippen LogP contribution in [0.1, 0.15) is 32.0 Å². The van der Waals surface area contributed by atoms with Crippen molar-refractivity contribution in [3.8, 4) is 22.6 Å². The summed E-state index contributed by atoms with van der Waals surface area (Å²) in [7, 11) is 3.52. The van der Waals surface area contributed by atoms with Crippen LogP contribution >= 0.6 is 11.3 Å². The van der Waals surface area contributed by atoms with E-state index in [9.17, 15) is 13.6 Å². The number of hydrogen-bond acceptors (Lipinski definition) is 8. The standard InChI is InChI=1S/C30H28F2N6O2S.C5H10O2/c1-30(2,3)40-29(39)37-10-11-38-21(17-37)15-24(35-38)27-23(14-20(32)7-9-31)22-8-12-41-28(22)26(34-27)18-5-6-25-19(13-18)16-33-36(25)4;1-3-7-5-4-6-2/h5-9,12-16H,10-11,17H2,1-4H3;3H,1,4-5H2,2H3/b9-7+,20-14?;. The molecule has 0 fully saturated rings. The van der Waals surface area contributed by atoms with Gasteiger partial charge in [-0.1, -0.05) is 12.6 Å². The van der Waals surface area contributed by atoms with Gasteiger partial charge in [0.2, 0.25) is 0 Å². The van der Waals surface area contributed by atoms with E-state index >= 15 is 0 Å². The molecule has 13 heteroatoms. The van der Waals surface area contributed by atoms with Gasteiger partial charge in [-0.25, -0.2) is 18.6 Å². The molecule has 10 nitrogen and oxygen atoms in total. The molecule has 1 amide bonds. The zero-order chi connectivity index (χ0) is 34.4. The van der Waals surface area contributed by atoms with Crippen LogP contribution in [0.5, 0.6) is 0 Å².